The van der Waals surface area contributed by atoms with E-state index in [1.54, 1.807) is 19.1 Å². The van der Waals surface area contributed by atoms with Gasteiger partial charge in [-0.1, -0.05) is 43.3 Å². The van der Waals surface area contributed by atoms with Crippen molar-refractivity contribution in [2.24, 2.45) is 0 Å². The van der Waals surface area contributed by atoms with Crippen LogP contribution in [0.5, 0.6) is 0 Å². The SMILES string of the molecule is CCC(=O)NC1CCCN(S(=O)(=O)c2cccc3ccccc23)C1. The summed E-state index contributed by atoms with van der Waals surface area (Å²) in [6, 6.07) is 12.7. The van der Waals surface area contributed by atoms with Crippen LogP contribution in [0.25, 0.3) is 10.8 Å². The van der Waals surface area contributed by atoms with Crippen molar-refractivity contribution in [1.29, 1.82) is 0 Å². The third kappa shape index (κ3) is 3.30. The van der Waals surface area contributed by atoms with Gasteiger partial charge in [0.1, 0.15) is 0 Å². The molecule has 1 atom stereocenters. The first-order valence-corrected chi connectivity index (χ1v) is 9.73. The number of piperidine rings is 1. The maximum absolute atomic E-state index is 13.1. The highest BCUT2D eigenvalue weighted by molar-refractivity contribution is 7.89. The third-order valence-electron chi connectivity index (χ3n) is 4.44. The van der Waals surface area contributed by atoms with Gasteiger partial charge in [0, 0.05) is 30.9 Å². The van der Waals surface area contributed by atoms with Crippen LogP contribution >= 0.6 is 0 Å². The number of hydrogen-bond acceptors (Lipinski definition) is 3. The minimum Gasteiger partial charge on any atom is -0.352 e. The van der Waals surface area contributed by atoms with Crippen LogP contribution in [-0.4, -0.2) is 37.8 Å². The Kier molecular flexibility index (Phi) is 4.87. The molecule has 1 saturated heterocycles. The van der Waals surface area contributed by atoms with Crippen molar-refractivity contribution in [2.45, 2.75) is 37.1 Å². The van der Waals surface area contributed by atoms with Crippen LogP contribution in [0.3, 0.4) is 0 Å². The van der Waals surface area contributed by atoms with E-state index in [0.29, 0.717) is 24.4 Å². The number of benzene rings is 2. The molecule has 1 fully saturated rings. The molecule has 0 spiro atoms. The molecule has 24 heavy (non-hydrogen) atoms. The Morgan fingerprint density at radius 3 is 2.75 bits per heavy atom. The van der Waals surface area contributed by atoms with Gasteiger partial charge in [0.25, 0.3) is 0 Å². The maximum Gasteiger partial charge on any atom is 0.243 e. The number of rotatable bonds is 4. The maximum atomic E-state index is 13.1. The minimum absolute atomic E-state index is 0.0376. The average Bonchev–Trinajstić information content (AvgIpc) is 2.61. The molecule has 128 valence electrons. The predicted molar refractivity (Wildman–Crippen MR) is 94.2 cm³/mol. The van der Waals surface area contributed by atoms with Crippen molar-refractivity contribution in [1.82, 2.24) is 9.62 Å². The summed E-state index contributed by atoms with van der Waals surface area (Å²) in [4.78, 5) is 11.9. The van der Waals surface area contributed by atoms with E-state index in [-0.39, 0.29) is 11.9 Å². The van der Waals surface area contributed by atoms with Crippen LogP contribution in [0.1, 0.15) is 26.2 Å². The molecule has 2 aromatic carbocycles. The van der Waals surface area contributed by atoms with Crippen molar-refractivity contribution in [3.05, 3.63) is 42.5 Å². The molecular formula is C18H22N2O3S. The average molecular weight is 346 g/mol. The van der Waals surface area contributed by atoms with Gasteiger partial charge in [-0.05, 0) is 24.3 Å². The first-order valence-electron chi connectivity index (χ1n) is 8.29. The third-order valence-corrected chi connectivity index (χ3v) is 6.36. The Balaban J connectivity index is 1.90. The fourth-order valence-corrected chi connectivity index (χ4v) is 4.91. The van der Waals surface area contributed by atoms with E-state index in [1.165, 1.54) is 4.31 Å². The van der Waals surface area contributed by atoms with Gasteiger partial charge in [0.15, 0.2) is 0 Å². The molecule has 0 saturated carbocycles. The highest BCUT2D eigenvalue weighted by Gasteiger charge is 2.31. The number of carbonyl (C=O) groups excluding carboxylic acids is 1. The van der Waals surface area contributed by atoms with E-state index in [2.05, 4.69) is 5.32 Å². The van der Waals surface area contributed by atoms with E-state index in [4.69, 9.17) is 0 Å². The first kappa shape index (κ1) is 16.9. The van der Waals surface area contributed by atoms with Gasteiger partial charge < -0.3 is 5.32 Å². The lowest BCUT2D eigenvalue weighted by molar-refractivity contribution is -0.121. The van der Waals surface area contributed by atoms with Gasteiger partial charge in [0.2, 0.25) is 15.9 Å². The molecule has 0 aliphatic carbocycles. The Hall–Kier alpha value is -1.92. The van der Waals surface area contributed by atoms with Gasteiger partial charge in [0.05, 0.1) is 4.90 Å². The first-order chi connectivity index (χ1) is 11.5. The highest BCUT2D eigenvalue weighted by Crippen LogP contribution is 2.27. The second kappa shape index (κ2) is 6.91. The Morgan fingerprint density at radius 2 is 1.96 bits per heavy atom. The molecule has 1 heterocycles. The predicted octanol–water partition coefficient (Wildman–Crippen LogP) is 2.52. The molecule has 5 nitrogen and oxygen atoms in total. The van der Waals surface area contributed by atoms with Crippen molar-refractivity contribution >= 4 is 26.7 Å². The van der Waals surface area contributed by atoms with Crippen molar-refractivity contribution < 1.29 is 13.2 Å². The molecule has 1 amide bonds. The highest BCUT2D eigenvalue weighted by atomic mass is 32.2. The molecule has 3 rings (SSSR count). The number of nitrogens with zero attached hydrogens (tertiary/aromatic N) is 1. The van der Waals surface area contributed by atoms with Crippen LogP contribution in [0, 0.1) is 0 Å². The van der Waals surface area contributed by atoms with E-state index in [1.807, 2.05) is 30.3 Å². The van der Waals surface area contributed by atoms with Crippen LogP contribution < -0.4 is 5.32 Å². The van der Waals surface area contributed by atoms with Crippen LogP contribution in [0.4, 0.5) is 0 Å². The summed E-state index contributed by atoms with van der Waals surface area (Å²) in [5, 5.41) is 4.56. The molecule has 1 aliphatic heterocycles. The largest absolute Gasteiger partial charge is 0.352 e. The smallest absolute Gasteiger partial charge is 0.243 e. The summed E-state index contributed by atoms with van der Waals surface area (Å²) in [6.45, 7) is 2.62. The lowest BCUT2D eigenvalue weighted by Gasteiger charge is -2.32. The molecule has 1 aliphatic rings. The lowest BCUT2D eigenvalue weighted by atomic mass is 10.1. The monoisotopic (exact) mass is 346 g/mol. The molecule has 0 aromatic heterocycles. The molecular weight excluding hydrogens is 324 g/mol. The summed E-state index contributed by atoms with van der Waals surface area (Å²) >= 11 is 0. The van der Waals surface area contributed by atoms with E-state index < -0.39 is 10.0 Å². The van der Waals surface area contributed by atoms with Gasteiger partial charge in [-0.25, -0.2) is 8.42 Å². The van der Waals surface area contributed by atoms with Crippen molar-refractivity contribution in [3.63, 3.8) is 0 Å². The fourth-order valence-electron chi connectivity index (χ4n) is 3.17. The van der Waals surface area contributed by atoms with Gasteiger partial charge >= 0.3 is 0 Å². The number of amides is 1. The van der Waals surface area contributed by atoms with Crippen molar-refractivity contribution in [3.8, 4) is 0 Å². The zero-order valence-electron chi connectivity index (χ0n) is 13.7. The van der Waals surface area contributed by atoms with Gasteiger partial charge in [-0.3, -0.25) is 4.79 Å². The van der Waals surface area contributed by atoms with Crippen LogP contribution in [0.2, 0.25) is 0 Å². The van der Waals surface area contributed by atoms with E-state index >= 15 is 0 Å². The topological polar surface area (TPSA) is 66.5 Å². The quantitative estimate of drug-likeness (QED) is 0.925. The summed E-state index contributed by atoms with van der Waals surface area (Å²) in [5.41, 5.74) is 0. The Morgan fingerprint density at radius 1 is 1.21 bits per heavy atom. The van der Waals surface area contributed by atoms with Crippen LogP contribution in [0.15, 0.2) is 47.4 Å². The normalized spacial score (nSPS) is 19.3. The van der Waals surface area contributed by atoms with Crippen LogP contribution in [-0.2, 0) is 14.8 Å². The molecule has 0 bridgehead atoms. The standard InChI is InChI=1S/C18H22N2O3S/c1-2-18(21)19-15-9-6-12-20(13-15)24(22,23)17-11-5-8-14-7-3-4-10-16(14)17/h3-5,7-8,10-11,15H,2,6,9,12-13H2,1H3,(H,19,21). The summed E-state index contributed by atoms with van der Waals surface area (Å²) in [7, 11) is -3.58. The van der Waals surface area contributed by atoms with E-state index in [0.717, 1.165) is 23.6 Å². The second-order valence-electron chi connectivity index (χ2n) is 6.10. The van der Waals surface area contributed by atoms with Crippen molar-refractivity contribution in [2.75, 3.05) is 13.1 Å². The molecule has 2 aromatic rings. The molecule has 6 heteroatoms. The number of nitrogens with one attached hydrogen (secondary N) is 1. The van der Waals surface area contributed by atoms with Gasteiger partial charge in [-0.2, -0.15) is 4.31 Å². The Bertz CT molecular complexity index is 843. The number of sulfonamides is 1. The number of carbonyl (C=O) groups is 1. The molecule has 0 radical (unpaired) electrons. The minimum atomic E-state index is -3.58. The van der Waals surface area contributed by atoms with E-state index in [9.17, 15) is 13.2 Å². The summed E-state index contributed by atoms with van der Waals surface area (Å²) < 4.78 is 27.7. The zero-order valence-corrected chi connectivity index (χ0v) is 14.6. The fraction of sp³-hybridized carbons (Fsp3) is 0.389. The summed E-state index contributed by atoms with van der Waals surface area (Å²) in [6.07, 6.45) is 1.97. The molecule has 1 unspecified atom stereocenters. The lowest BCUT2D eigenvalue weighted by Crippen LogP contribution is -2.49. The second-order valence-corrected chi connectivity index (χ2v) is 8.01. The Labute approximate surface area is 142 Å². The summed E-state index contributed by atoms with van der Waals surface area (Å²) in [5.74, 6) is -0.0376. The zero-order chi connectivity index (χ0) is 17.2. The number of hydrogen-bond donors (Lipinski definition) is 1. The molecule has 1 N–H and O–H groups in total. The number of fused-ring (bicyclic) bond motifs is 1. The van der Waals surface area contributed by atoms with Gasteiger partial charge in [-0.15, -0.1) is 0 Å².